The summed E-state index contributed by atoms with van der Waals surface area (Å²) < 4.78 is 6.98. The van der Waals surface area contributed by atoms with Gasteiger partial charge in [0.1, 0.15) is 0 Å². The molecule has 0 saturated carbocycles. The minimum absolute atomic E-state index is 0.135. The number of benzene rings is 1. The second-order valence-corrected chi connectivity index (χ2v) is 6.27. The van der Waals surface area contributed by atoms with Crippen molar-refractivity contribution in [3.05, 3.63) is 48.3 Å². The molecule has 1 fully saturated rings. The van der Waals surface area contributed by atoms with Gasteiger partial charge in [0.05, 0.1) is 17.5 Å². The Balaban J connectivity index is 1.56. The number of rotatable bonds is 6. The molecule has 0 radical (unpaired) electrons. The summed E-state index contributed by atoms with van der Waals surface area (Å²) >= 11 is 0. The van der Waals surface area contributed by atoms with Gasteiger partial charge in [-0.2, -0.15) is 5.10 Å². The summed E-state index contributed by atoms with van der Waals surface area (Å²) in [6.45, 7) is 0.962. The van der Waals surface area contributed by atoms with Gasteiger partial charge < -0.3 is 15.2 Å². The van der Waals surface area contributed by atoms with Gasteiger partial charge >= 0.3 is 5.97 Å². The van der Waals surface area contributed by atoms with Gasteiger partial charge in [-0.3, -0.25) is 9.59 Å². The number of aliphatic carboxylic acids is 1. The number of carbonyl (C=O) groups excluding carboxylic acids is 1. The average molecular weight is 343 g/mol. The van der Waals surface area contributed by atoms with Crippen molar-refractivity contribution < 1.29 is 19.4 Å². The van der Waals surface area contributed by atoms with Crippen molar-refractivity contribution >= 4 is 11.9 Å². The minimum atomic E-state index is -0.919. The molecule has 132 valence electrons. The van der Waals surface area contributed by atoms with Crippen LogP contribution >= 0.6 is 0 Å². The Bertz CT molecular complexity index is 719. The third-order valence-electron chi connectivity index (χ3n) is 4.60. The van der Waals surface area contributed by atoms with E-state index in [4.69, 9.17) is 4.74 Å². The maximum Gasteiger partial charge on any atom is 0.311 e. The Labute approximate surface area is 145 Å². The average Bonchev–Trinajstić information content (AvgIpc) is 3.16. The number of amides is 1. The Morgan fingerprint density at radius 3 is 2.56 bits per heavy atom. The van der Waals surface area contributed by atoms with E-state index in [1.807, 2.05) is 36.5 Å². The molecular formula is C18H21N3O4. The number of hydrogen-bond donors (Lipinski definition) is 2. The molecule has 2 heterocycles. The highest BCUT2D eigenvalue weighted by Crippen LogP contribution is 2.30. The molecule has 1 amide bonds. The van der Waals surface area contributed by atoms with Crippen molar-refractivity contribution in [3.8, 4) is 5.69 Å². The largest absolute Gasteiger partial charge is 0.481 e. The Kier molecular flexibility index (Phi) is 5.14. The van der Waals surface area contributed by atoms with Crippen LogP contribution in [-0.2, 0) is 20.7 Å². The van der Waals surface area contributed by atoms with Crippen LogP contribution in [0.3, 0.4) is 0 Å². The predicted molar refractivity (Wildman–Crippen MR) is 90.4 cm³/mol. The number of nitrogens with one attached hydrogen (secondary N) is 1. The maximum absolute atomic E-state index is 12.2. The fourth-order valence-electron chi connectivity index (χ4n) is 2.93. The van der Waals surface area contributed by atoms with Gasteiger partial charge in [0.15, 0.2) is 0 Å². The zero-order valence-corrected chi connectivity index (χ0v) is 13.9. The van der Waals surface area contributed by atoms with E-state index in [0.717, 1.165) is 11.3 Å². The normalized spacial score (nSPS) is 16.3. The highest BCUT2D eigenvalue weighted by atomic mass is 16.5. The van der Waals surface area contributed by atoms with E-state index in [1.54, 1.807) is 10.9 Å². The van der Waals surface area contributed by atoms with E-state index in [1.165, 1.54) is 0 Å². The molecule has 1 aromatic carbocycles. The van der Waals surface area contributed by atoms with Crippen molar-refractivity contribution in [2.24, 2.45) is 5.41 Å². The lowest BCUT2D eigenvalue weighted by molar-refractivity contribution is -0.154. The smallest absolute Gasteiger partial charge is 0.311 e. The summed E-state index contributed by atoms with van der Waals surface area (Å²) in [6.07, 6.45) is 4.60. The van der Waals surface area contributed by atoms with Crippen LogP contribution in [-0.4, -0.2) is 46.5 Å². The van der Waals surface area contributed by atoms with Gasteiger partial charge in [0.25, 0.3) is 0 Å². The summed E-state index contributed by atoms with van der Waals surface area (Å²) in [5, 5.41) is 16.4. The quantitative estimate of drug-likeness (QED) is 0.827. The van der Waals surface area contributed by atoms with E-state index in [2.05, 4.69) is 10.4 Å². The molecule has 7 nitrogen and oxygen atoms in total. The fourth-order valence-corrected chi connectivity index (χ4v) is 2.93. The van der Waals surface area contributed by atoms with Gasteiger partial charge in [-0.25, -0.2) is 4.68 Å². The van der Waals surface area contributed by atoms with Gasteiger partial charge in [-0.1, -0.05) is 12.1 Å². The highest BCUT2D eigenvalue weighted by molar-refractivity contribution is 5.80. The third kappa shape index (κ3) is 4.06. The van der Waals surface area contributed by atoms with Crippen molar-refractivity contribution in [3.63, 3.8) is 0 Å². The number of aromatic nitrogens is 2. The fraction of sp³-hybridized carbons (Fsp3) is 0.389. The highest BCUT2D eigenvalue weighted by Gasteiger charge is 2.40. The van der Waals surface area contributed by atoms with Crippen molar-refractivity contribution in [1.29, 1.82) is 0 Å². The maximum atomic E-state index is 12.2. The summed E-state index contributed by atoms with van der Waals surface area (Å²) in [5.41, 5.74) is 0.864. The first-order valence-corrected chi connectivity index (χ1v) is 8.26. The van der Waals surface area contributed by atoms with E-state index in [0.29, 0.717) is 26.1 Å². The molecule has 25 heavy (non-hydrogen) atoms. The van der Waals surface area contributed by atoms with Crippen LogP contribution in [0.1, 0.15) is 18.4 Å². The van der Waals surface area contributed by atoms with Crippen LogP contribution < -0.4 is 5.32 Å². The van der Waals surface area contributed by atoms with Gasteiger partial charge in [-0.05, 0) is 36.6 Å². The molecule has 1 aromatic heterocycles. The lowest BCUT2D eigenvalue weighted by Gasteiger charge is -2.33. The van der Waals surface area contributed by atoms with E-state index in [-0.39, 0.29) is 18.9 Å². The van der Waals surface area contributed by atoms with Crippen LogP contribution in [0.4, 0.5) is 0 Å². The molecule has 0 unspecified atom stereocenters. The van der Waals surface area contributed by atoms with Crippen LogP contribution in [0, 0.1) is 5.41 Å². The Morgan fingerprint density at radius 2 is 1.96 bits per heavy atom. The number of ether oxygens (including phenoxy) is 1. The molecule has 2 N–H and O–H groups in total. The summed E-state index contributed by atoms with van der Waals surface area (Å²) in [7, 11) is 0. The summed E-state index contributed by atoms with van der Waals surface area (Å²) in [5.74, 6) is -1.06. The molecule has 1 aliphatic rings. The number of carboxylic acid groups (broad SMARTS) is 1. The second kappa shape index (κ2) is 7.48. The molecule has 1 aliphatic heterocycles. The van der Waals surface area contributed by atoms with Gasteiger partial charge in [0.2, 0.25) is 5.91 Å². The third-order valence-corrected chi connectivity index (χ3v) is 4.60. The number of nitrogens with zero attached hydrogens (tertiary/aromatic N) is 2. The lowest BCUT2D eigenvalue weighted by atomic mass is 9.80. The topological polar surface area (TPSA) is 93.5 Å². The summed E-state index contributed by atoms with van der Waals surface area (Å²) in [6, 6.07) is 9.38. The van der Waals surface area contributed by atoms with Crippen molar-refractivity contribution in [1.82, 2.24) is 15.1 Å². The summed E-state index contributed by atoms with van der Waals surface area (Å²) in [4.78, 5) is 23.8. The molecule has 2 aromatic rings. The predicted octanol–water partition coefficient (Wildman–Crippen LogP) is 1.41. The molecule has 3 rings (SSSR count). The molecule has 0 spiro atoms. The van der Waals surface area contributed by atoms with Crippen LogP contribution in [0.2, 0.25) is 0 Å². The van der Waals surface area contributed by atoms with Crippen molar-refractivity contribution in [2.75, 3.05) is 19.8 Å². The van der Waals surface area contributed by atoms with E-state index < -0.39 is 11.4 Å². The number of carbonyl (C=O) groups is 2. The molecule has 0 atom stereocenters. The monoisotopic (exact) mass is 343 g/mol. The molecule has 0 aliphatic carbocycles. The first-order valence-electron chi connectivity index (χ1n) is 8.26. The number of carboxylic acids is 1. The first-order chi connectivity index (χ1) is 12.1. The molecule has 0 bridgehead atoms. The zero-order valence-electron chi connectivity index (χ0n) is 13.9. The van der Waals surface area contributed by atoms with Crippen LogP contribution in [0.25, 0.3) is 5.69 Å². The van der Waals surface area contributed by atoms with Crippen LogP contribution in [0.5, 0.6) is 0 Å². The standard InChI is InChI=1S/C18H21N3O4/c22-16(19-13-18(17(23)24)6-10-25-11-7-18)12-14-2-4-15(5-3-14)21-9-1-8-20-21/h1-5,8-9H,6-7,10-13H2,(H,19,22)(H,23,24). The zero-order chi connectivity index (χ0) is 17.7. The van der Waals surface area contributed by atoms with E-state index >= 15 is 0 Å². The number of hydrogen-bond acceptors (Lipinski definition) is 4. The van der Waals surface area contributed by atoms with Gasteiger partial charge in [0, 0.05) is 32.2 Å². The van der Waals surface area contributed by atoms with Gasteiger partial charge in [-0.15, -0.1) is 0 Å². The SMILES string of the molecule is O=C(Cc1ccc(-n2cccn2)cc1)NCC1(C(=O)O)CCOCC1. The van der Waals surface area contributed by atoms with E-state index in [9.17, 15) is 14.7 Å². The van der Waals surface area contributed by atoms with Crippen molar-refractivity contribution in [2.45, 2.75) is 19.3 Å². The second-order valence-electron chi connectivity index (χ2n) is 6.27. The molecule has 1 saturated heterocycles. The minimum Gasteiger partial charge on any atom is -0.481 e. The lowest BCUT2D eigenvalue weighted by Crippen LogP contribution is -2.46. The molecular weight excluding hydrogens is 322 g/mol. The Morgan fingerprint density at radius 1 is 1.24 bits per heavy atom. The Hall–Kier alpha value is -2.67. The first kappa shape index (κ1) is 17.2. The molecule has 7 heteroatoms. The van der Waals surface area contributed by atoms with Crippen LogP contribution in [0.15, 0.2) is 42.7 Å².